The van der Waals surface area contributed by atoms with Crippen molar-refractivity contribution in [2.24, 2.45) is 0 Å². The van der Waals surface area contributed by atoms with Crippen LogP contribution in [0.1, 0.15) is 35.4 Å². The molecule has 4 heterocycles. The number of pyridine rings is 2. The minimum Gasteiger partial charge on any atom is -0.491 e. The van der Waals surface area contributed by atoms with E-state index < -0.39 is 0 Å². The van der Waals surface area contributed by atoms with Gasteiger partial charge in [0, 0.05) is 18.0 Å². The highest BCUT2D eigenvalue weighted by molar-refractivity contribution is 6.10. The molecule has 1 N–H and O–H groups in total. The summed E-state index contributed by atoms with van der Waals surface area (Å²) >= 11 is 0. The lowest BCUT2D eigenvalue weighted by molar-refractivity contribution is 0.0990. The number of anilines is 1. The molecule has 4 rings (SSSR count). The first-order chi connectivity index (χ1) is 13.2. The van der Waals surface area contributed by atoms with Crippen LogP contribution in [-0.2, 0) is 0 Å². The molecule has 0 unspecified atom stereocenters. The molecule has 0 aliphatic carbocycles. The molecule has 1 amide bonds. The first-order valence-electron chi connectivity index (χ1n) is 8.59. The zero-order chi connectivity index (χ0) is 19.0. The third-order valence-corrected chi connectivity index (χ3v) is 4.68. The fourth-order valence-electron chi connectivity index (χ4n) is 3.38. The first-order valence-corrected chi connectivity index (χ1v) is 8.59. The number of aromatic amines is 1. The highest BCUT2D eigenvalue weighted by atomic mass is 16.5. The quantitative estimate of drug-likeness (QED) is 0.747. The summed E-state index contributed by atoms with van der Waals surface area (Å²) < 4.78 is 10.5. The highest BCUT2D eigenvalue weighted by Crippen LogP contribution is 2.39. The van der Waals surface area contributed by atoms with Crippen LogP contribution in [-0.4, -0.2) is 40.3 Å². The predicted molar refractivity (Wildman–Crippen MR) is 99.0 cm³/mol. The summed E-state index contributed by atoms with van der Waals surface area (Å²) in [5, 5.41) is 6.72. The molecule has 8 nitrogen and oxygen atoms in total. The van der Waals surface area contributed by atoms with Gasteiger partial charge in [-0.05, 0) is 24.6 Å². The maximum absolute atomic E-state index is 12.9. The molecule has 1 aliphatic heterocycles. The van der Waals surface area contributed by atoms with Gasteiger partial charge in [-0.25, -0.2) is 9.97 Å². The molecular weight excluding hydrogens is 346 g/mol. The van der Waals surface area contributed by atoms with Crippen LogP contribution in [0.3, 0.4) is 0 Å². The van der Waals surface area contributed by atoms with E-state index >= 15 is 0 Å². The molecule has 3 aromatic rings. The van der Waals surface area contributed by atoms with Crippen molar-refractivity contribution in [3.63, 3.8) is 0 Å². The number of methoxy groups -OCH3 is 2. The van der Waals surface area contributed by atoms with Gasteiger partial charge in [-0.1, -0.05) is 6.92 Å². The lowest BCUT2D eigenvalue weighted by Gasteiger charge is -2.21. The lowest BCUT2D eigenvalue weighted by atomic mass is 10.1. The number of aromatic nitrogens is 4. The van der Waals surface area contributed by atoms with Gasteiger partial charge in [0.2, 0.25) is 0 Å². The smallest absolute Gasteiger partial charge is 0.260 e. The number of rotatable bonds is 5. The zero-order valence-electron chi connectivity index (χ0n) is 15.3. The predicted octanol–water partition coefficient (Wildman–Crippen LogP) is 3.00. The van der Waals surface area contributed by atoms with Crippen molar-refractivity contribution in [1.82, 2.24) is 20.2 Å². The topological polar surface area (TPSA) is 93.2 Å². The summed E-state index contributed by atoms with van der Waals surface area (Å²) in [6.45, 7) is 2.03. The molecule has 0 radical (unpaired) electrons. The summed E-state index contributed by atoms with van der Waals surface area (Å²) in [5.41, 5.74) is 3.62. The number of carbonyl (C=O) groups is 1. The molecule has 8 heteroatoms. The van der Waals surface area contributed by atoms with Gasteiger partial charge >= 0.3 is 0 Å². The van der Waals surface area contributed by atoms with Gasteiger partial charge in [0.15, 0.2) is 5.75 Å². The average Bonchev–Trinajstić information content (AvgIpc) is 3.33. The number of H-pyrrole nitrogens is 1. The van der Waals surface area contributed by atoms with E-state index in [0.29, 0.717) is 17.2 Å². The van der Waals surface area contributed by atoms with E-state index in [1.165, 1.54) is 0 Å². The van der Waals surface area contributed by atoms with E-state index in [4.69, 9.17) is 14.5 Å². The van der Waals surface area contributed by atoms with Crippen molar-refractivity contribution < 1.29 is 14.3 Å². The fraction of sp³-hybridized carbons (Fsp3) is 0.263. The minimum absolute atomic E-state index is 0.0669. The Morgan fingerprint density at radius 1 is 1.22 bits per heavy atom. The standard InChI is InChI=1S/C19H19N5O3/c1-4-15-17-13(19(25)24(15)12-9-21-22-10-12)5-6-14(23-17)11-7-16(26-2)18(27-3)20-8-11/h5-10,15H,4H2,1-3H3,(H,21,22)/t15-/m0/s1. The number of fused-ring (bicyclic) bond motifs is 1. The van der Waals surface area contributed by atoms with Gasteiger partial charge < -0.3 is 9.47 Å². The minimum atomic E-state index is -0.141. The van der Waals surface area contributed by atoms with Crippen LogP contribution in [0.2, 0.25) is 0 Å². The SMILES string of the molecule is CC[C@H]1c2nc(-c3cnc(OC)c(OC)c3)ccc2C(=O)N1c1cn[nH]c1. The Balaban J connectivity index is 1.77. The molecule has 0 saturated carbocycles. The van der Waals surface area contributed by atoms with E-state index in [2.05, 4.69) is 15.2 Å². The van der Waals surface area contributed by atoms with Crippen LogP contribution in [0.5, 0.6) is 11.6 Å². The Labute approximate surface area is 156 Å². The molecule has 138 valence electrons. The number of hydrogen-bond donors (Lipinski definition) is 1. The van der Waals surface area contributed by atoms with Gasteiger partial charge in [0.1, 0.15) is 0 Å². The first kappa shape index (κ1) is 17.0. The number of carbonyl (C=O) groups excluding carboxylic acids is 1. The second kappa shape index (κ2) is 6.71. The van der Waals surface area contributed by atoms with Crippen LogP contribution in [0.4, 0.5) is 5.69 Å². The highest BCUT2D eigenvalue weighted by Gasteiger charge is 2.38. The lowest BCUT2D eigenvalue weighted by Crippen LogP contribution is -2.27. The molecule has 3 aromatic heterocycles. The molecule has 0 spiro atoms. The largest absolute Gasteiger partial charge is 0.491 e. The Morgan fingerprint density at radius 3 is 2.74 bits per heavy atom. The number of hydrogen-bond acceptors (Lipinski definition) is 6. The summed E-state index contributed by atoms with van der Waals surface area (Å²) in [7, 11) is 3.11. The number of nitrogens with one attached hydrogen (secondary N) is 1. The molecule has 1 aliphatic rings. The molecule has 0 fully saturated rings. The monoisotopic (exact) mass is 365 g/mol. The van der Waals surface area contributed by atoms with Crippen molar-refractivity contribution in [3.8, 4) is 22.9 Å². The van der Waals surface area contributed by atoms with E-state index in [1.807, 2.05) is 25.1 Å². The molecule has 0 bridgehead atoms. The molecule has 27 heavy (non-hydrogen) atoms. The van der Waals surface area contributed by atoms with Crippen LogP contribution in [0.15, 0.2) is 36.8 Å². The van der Waals surface area contributed by atoms with Gasteiger partial charge in [0.05, 0.1) is 49.1 Å². The van der Waals surface area contributed by atoms with Crippen LogP contribution in [0.25, 0.3) is 11.3 Å². The number of amides is 1. The Hall–Kier alpha value is -3.42. The van der Waals surface area contributed by atoms with Gasteiger partial charge in [-0.3, -0.25) is 14.8 Å². The summed E-state index contributed by atoms with van der Waals surface area (Å²) in [6.07, 6.45) is 5.78. The number of nitrogens with zero attached hydrogens (tertiary/aromatic N) is 4. The van der Waals surface area contributed by atoms with Crippen molar-refractivity contribution in [2.75, 3.05) is 19.1 Å². The van der Waals surface area contributed by atoms with Crippen molar-refractivity contribution in [2.45, 2.75) is 19.4 Å². The van der Waals surface area contributed by atoms with Crippen LogP contribution >= 0.6 is 0 Å². The normalized spacial score (nSPS) is 15.7. The fourth-order valence-corrected chi connectivity index (χ4v) is 3.38. The average molecular weight is 365 g/mol. The summed E-state index contributed by atoms with van der Waals surface area (Å²) in [5.74, 6) is 0.873. The van der Waals surface area contributed by atoms with E-state index in [9.17, 15) is 4.79 Å². The Bertz CT molecular complexity index is 987. The van der Waals surface area contributed by atoms with Gasteiger partial charge in [-0.15, -0.1) is 0 Å². The van der Waals surface area contributed by atoms with E-state index in [0.717, 1.165) is 29.1 Å². The van der Waals surface area contributed by atoms with Gasteiger partial charge in [0.25, 0.3) is 11.8 Å². The molecular formula is C19H19N5O3. The maximum Gasteiger partial charge on any atom is 0.260 e. The Morgan fingerprint density at radius 2 is 2.07 bits per heavy atom. The van der Waals surface area contributed by atoms with E-state index in [-0.39, 0.29) is 11.9 Å². The molecule has 0 saturated heterocycles. The Kier molecular flexibility index (Phi) is 4.23. The number of ether oxygens (including phenoxy) is 2. The second-order valence-corrected chi connectivity index (χ2v) is 6.12. The van der Waals surface area contributed by atoms with Crippen LogP contribution in [0, 0.1) is 0 Å². The molecule has 1 atom stereocenters. The zero-order valence-corrected chi connectivity index (χ0v) is 15.3. The summed E-state index contributed by atoms with van der Waals surface area (Å²) in [4.78, 5) is 23.7. The maximum atomic E-state index is 12.9. The van der Waals surface area contributed by atoms with E-state index in [1.54, 1.807) is 37.7 Å². The summed E-state index contributed by atoms with van der Waals surface area (Å²) in [6, 6.07) is 5.33. The second-order valence-electron chi connectivity index (χ2n) is 6.12. The van der Waals surface area contributed by atoms with Crippen LogP contribution < -0.4 is 14.4 Å². The van der Waals surface area contributed by atoms with Gasteiger partial charge in [-0.2, -0.15) is 5.10 Å². The van der Waals surface area contributed by atoms with Crippen molar-refractivity contribution in [1.29, 1.82) is 0 Å². The third kappa shape index (κ3) is 2.69. The van der Waals surface area contributed by atoms with Crippen molar-refractivity contribution in [3.05, 3.63) is 48.0 Å². The molecule has 0 aromatic carbocycles. The third-order valence-electron chi connectivity index (χ3n) is 4.68. The van der Waals surface area contributed by atoms with Crippen molar-refractivity contribution >= 4 is 11.6 Å².